The Morgan fingerprint density at radius 1 is 1.12 bits per heavy atom. The van der Waals surface area contributed by atoms with Crippen molar-refractivity contribution in [3.05, 3.63) is 35.6 Å². The first-order valence-electron chi connectivity index (χ1n) is 5.43. The second kappa shape index (κ2) is 6.58. The smallest absolute Gasteiger partial charge is 0.176 e. The summed E-state index contributed by atoms with van der Waals surface area (Å²) in [5.74, 6) is -0.277. The molecule has 0 bridgehead atoms. The van der Waals surface area contributed by atoms with E-state index < -0.39 is 12.3 Å². The van der Waals surface area contributed by atoms with E-state index in [2.05, 4.69) is 0 Å². The number of rotatable bonds is 6. The Labute approximate surface area is 95.4 Å². The van der Waals surface area contributed by atoms with Gasteiger partial charge in [-0.2, -0.15) is 0 Å². The fourth-order valence-corrected chi connectivity index (χ4v) is 1.43. The number of halogens is 1. The van der Waals surface area contributed by atoms with Crippen molar-refractivity contribution in [2.24, 2.45) is 5.73 Å². The summed E-state index contributed by atoms with van der Waals surface area (Å²) in [6.07, 6.45) is -0.486. The zero-order valence-corrected chi connectivity index (χ0v) is 9.65. The highest BCUT2D eigenvalue weighted by Crippen LogP contribution is 2.18. The molecule has 2 N–H and O–H groups in total. The lowest BCUT2D eigenvalue weighted by Gasteiger charge is -2.23. The average Bonchev–Trinajstić information content (AvgIpc) is 2.29. The van der Waals surface area contributed by atoms with Gasteiger partial charge >= 0.3 is 0 Å². The van der Waals surface area contributed by atoms with Crippen LogP contribution in [0.15, 0.2) is 24.3 Å². The first-order valence-corrected chi connectivity index (χ1v) is 5.43. The zero-order chi connectivity index (χ0) is 12.0. The Morgan fingerprint density at radius 2 is 1.62 bits per heavy atom. The molecule has 1 rings (SSSR count). The molecule has 16 heavy (non-hydrogen) atoms. The normalized spacial score (nSPS) is 13.1. The highest BCUT2D eigenvalue weighted by atomic mass is 19.1. The van der Waals surface area contributed by atoms with Crippen LogP contribution in [-0.2, 0) is 9.47 Å². The summed E-state index contributed by atoms with van der Waals surface area (Å²) in [6, 6.07) is 5.64. The number of hydrogen-bond donors (Lipinski definition) is 1. The molecule has 0 radical (unpaired) electrons. The molecule has 0 unspecified atom stereocenters. The maximum atomic E-state index is 12.7. The molecule has 1 aromatic carbocycles. The van der Waals surface area contributed by atoms with Crippen LogP contribution < -0.4 is 5.73 Å². The van der Waals surface area contributed by atoms with Crippen molar-refractivity contribution in [1.29, 1.82) is 0 Å². The van der Waals surface area contributed by atoms with Crippen LogP contribution in [0, 0.1) is 5.82 Å². The van der Waals surface area contributed by atoms with E-state index in [1.807, 2.05) is 13.8 Å². The minimum Gasteiger partial charge on any atom is -0.351 e. The van der Waals surface area contributed by atoms with E-state index in [0.717, 1.165) is 5.56 Å². The van der Waals surface area contributed by atoms with Gasteiger partial charge < -0.3 is 15.2 Å². The molecular formula is C12H18FNO2. The second-order valence-corrected chi connectivity index (χ2v) is 3.36. The average molecular weight is 227 g/mol. The fraction of sp³-hybridized carbons (Fsp3) is 0.500. The van der Waals surface area contributed by atoms with Crippen molar-refractivity contribution >= 4 is 0 Å². The Morgan fingerprint density at radius 3 is 2.06 bits per heavy atom. The van der Waals surface area contributed by atoms with Crippen LogP contribution in [0.1, 0.15) is 25.5 Å². The van der Waals surface area contributed by atoms with E-state index in [1.54, 1.807) is 12.1 Å². The summed E-state index contributed by atoms with van der Waals surface area (Å²) in [5.41, 5.74) is 6.79. The fourth-order valence-electron chi connectivity index (χ4n) is 1.43. The van der Waals surface area contributed by atoms with Crippen molar-refractivity contribution in [3.8, 4) is 0 Å². The van der Waals surface area contributed by atoms with Gasteiger partial charge in [0.2, 0.25) is 0 Å². The van der Waals surface area contributed by atoms with Crippen LogP contribution in [0.3, 0.4) is 0 Å². The predicted octanol–water partition coefficient (Wildman–Crippen LogP) is 2.22. The molecule has 0 aromatic heterocycles. The summed E-state index contributed by atoms with van der Waals surface area (Å²) < 4.78 is 23.5. The first-order chi connectivity index (χ1) is 7.69. The summed E-state index contributed by atoms with van der Waals surface area (Å²) in [7, 11) is 0. The predicted molar refractivity (Wildman–Crippen MR) is 60.4 cm³/mol. The maximum Gasteiger partial charge on any atom is 0.176 e. The van der Waals surface area contributed by atoms with Gasteiger partial charge in [0.25, 0.3) is 0 Å². The van der Waals surface area contributed by atoms with E-state index in [-0.39, 0.29) is 5.82 Å². The van der Waals surface area contributed by atoms with Crippen molar-refractivity contribution in [1.82, 2.24) is 0 Å². The Hall–Kier alpha value is -0.970. The van der Waals surface area contributed by atoms with Crippen molar-refractivity contribution in [2.75, 3.05) is 13.2 Å². The molecule has 1 atom stereocenters. The molecule has 0 amide bonds. The molecule has 0 aliphatic carbocycles. The molecular weight excluding hydrogens is 209 g/mol. The van der Waals surface area contributed by atoms with Crippen molar-refractivity contribution in [3.63, 3.8) is 0 Å². The molecule has 0 heterocycles. The Bertz CT molecular complexity index is 296. The summed E-state index contributed by atoms with van der Waals surface area (Å²) in [4.78, 5) is 0. The van der Waals surface area contributed by atoms with E-state index in [9.17, 15) is 4.39 Å². The standard InChI is InChI=1S/C12H18FNO2/c1-3-15-12(16-4-2)11(14)9-5-7-10(13)8-6-9/h5-8,11-12H,3-4,14H2,1-2H3/t11-/m0/s1. The van der Waals surface area contributed by atoms with Gasteiger partial charge in [-0.05, 0) is 31.5 Å². The summed E-state index contributed by atoms with van der Waals surface area (Å²) in [6.45, 7) is 4.81. The number of ether oxygens (including phenoxy) is 2. The lowest BCUT2D eigenvalue weighted by atomic mass is 10.1. The number of nitrogens with two attached hydrogens (primary N) is 1. The van der Waals surface area contributed by atoms with Gasteiger partial charge in [-0.1, -0.05) is 12.1 Å². The molecule has 0 spiro atoms. The van der Waals surface area contributed by atoms with Crippen LogP contribution >= 0.6 is 0 Å². The molecule has 0 saturated heterocycles. The maximum absolute atomic E-state index is 12.7. The van der Waals surface area contributed by atoms with Gasteiger partial charge in [-0.25, -0.2) is 4.39 Å². The van der Waals surface area contributed by atoms with E-state index >= 15 is 0 Å². The van der Waals surface area contributed by atoms with Gasteiger partial charge in [-0.3, -0.25) is 0 Å². The molecule has 0 aliphatic heterocycles. The SMILES string of the molecule is CCOC(OCC)[C@@H](N)c1ccc(F)cc1. The largest absolute Gasteiger partial charge is 0.351 e. The Balaban J connectivity index is 2.72. The lowest BCUT2D eigenvalue weighted by Crippen LogP contribution is -2.31. The van der Waals surface area contributed by atoms with Crippen LogP contribution in [-0.4, -0.2) is 19.5 Å². The molecule has 90 valence electrons. The third-order valence-electron chi connectivity index (χ3n) is 2.21. The van der Waals surface area contributed by atoms with E-state index in [4.69, 9.17) is 15.2 Å². The number of hydrogen-bond acceptors (Lipinski definition) is 3. The molecule has 0 saturated carbocycles. The highest BCUT2D eigenvalue weighted by molar-refractivity contribution is 5.20. The van der Waals surface area contributed by atoms with Gasteiger partial charge in [0.05, 0.1) is 6.04 Å². The quantitative estimate of drug-likeness (QED) is 0.758. The lowest BCUT2D eigenvalue weighted by molar-refractivity contribution is -0.149. The van der Waals surface area contributed by atoms with Gasteiger partial charge in [0.15, 0.2) is 6.29 Å². The number of benzene rings is 1. The van der Waals surface area contributed by atoms with Crippen LogP contribution in [0.5, 0.6) is 0 Å². The van der Waals surface area contributed by atoms with Gasteiger partial charge in [-0.15, -0.1) is 0 Å². The highest BCUT2D eigenvalue weighted by Gasteiger charge is 2.19. The topological polar surface area (TPSA) is 44.5 Å². The summed E-state index contributed by atoms with van der Waals surface area (Å²) >= 11 is 0. The van der Waals surface area contributed by atoms with Crippen LogP contribution in [0.2, 0.25) is 0 Å². The first kappa shape index (κ1) is 13.1. The molecule has 3 nitrogen and oxygen atoms in total. The van der Waals surface area contributed by atoms with Gasteiger partial charge in [0.1, 0.15) is 5.82 Å². The van der Waals surface area contributed by atoms with Crippen molar-refractivity contribution in [2.45, 2.75) is 26.2 Å². The minimum absolute atomic E-state index is 0.277. The van der Waals surface area contributed by atoms with Gasteiger partial charge in [0, 0.05) is 13.2 Å². The zero-order valence-electron chi connectivity index (χ0n) is 9.65. The second-order valence-electron chi connectivity index (χ2n) is 3.36. The Kier molecular flexibility index (Phi) is 5.38. The van der Waals surface area contributed by atoms with E-state index in [0.29, 0.717) is 13.2 Å². The monoisotopic (exact) mass is 227 g/mol. The van der Waals surface area contributed by atoms with Crippen LogP contribution in [0.25, 0.3) is 0 Å². The molecule has 4 heteroatoms. The third-order valence-corrected chi connectivity index (χ3v) is 2.21. The van der Waals surface area contributed by atoms with Crippen LogP contribution in [0.4, 0.5) is 4.39 Å². The summed E-state index contributed by atoms with van der Waals surface area (Å²) in [5, 5.41) is 0. The minimum atomic E-state index is -0.486. The molecule has 1 aromatic rings. The third kappa shape index (κ3) is 3.56. The molecule has 0 fully saturated rings. The molecule has 0 aliphatic rings. The van der Waals surface area contributed by atoms with E-state index in [1.165, 1.54) is 12.1 Å². The van der Waals surface area contributed by atoms with Crippen molar-refractivity contribution < 1.29 is 13.9 Å².